The SMILES string of the molecule is CNC(CS)C(=O)NCCOP(=O)(O)O.[Fm].[Fm]. The first kappa shape index (κ1) is 20.3. The summed E-state index contributed by atoms with van der Waals surface area (Å²) in [5.41, 5.74) is 0. The third-order valence-corrected chi connectivity index (χ3v) is 2.39. The zero-order valence-electron chi connectivity index (χ0n) is 8.79. The number of likely N-dealkylation sites (N-methyl/N-ethyl adjacent to an activating group) is 1. The molecule has 0 aromatic carbocycles. The molecule has 1 unspecified atom stereocenters. The molecule has 0 saturated heterocycles. The van der Waals surface area contributed by atoms with Crippen LogP contribution in [-0.2, 0) is 13.9 Å². The van der Waals surface area contributed by atoms with E-state index in [1.165, 1.54) is 0 Å². The summed E-state index contributed by atoms with van der Waals surface area (Å²) in [6.45, 7) is -0.199. The number of phosphoric acid groups is 1. The average Bonchev–Trinajstić information content (AvgIpc) is 2.13. The molecule has 0 saturated carbocycles. The fraction of sp³-hybridized carbons (Fsp3) is 0.833. The molecule has 17 heavy (non-hydrogen) atoms. The quantitative estimate of drug-likeness (QED) is 0.126. The molecule has 0 radical (unpaired) electrons. The van der Waals surface area contributed by atoms with E-state index in [1.54, 1.807) is 7.05 Å². The molecule has 0 aromatic heterocycles. The Kier molecular flexibility index (Phi) is 10.9. The minimum absolute atomic E-state index is 0. The maximum atomic E-state index is 11.3. The summed E-state index contributed by atoms with van der Waals surface area (Å²) in [7, 11) is -2.83. The van der Waals surface area contributed by atoms with Gasteiger partial charge in [0.2, 0.25) is 5.91 Å². The summed E-state index contributed by atoms with van der Waals surface area (Å²) in [6.07, 6.45) is 0. The summed E-state index contributed by atoms with van der Waals surface area (Å²) in [5, 5.41) is 5.16. The number of hydrogen-bond donors (Lipinski definition) is 5. The van der Waals surface area contributed by atoms with Crippen molar-refractivity contribution in [2.75, 3.05) is 26.0 Å². The molecule has 0 aliphatic heterocycles. The molecule has 4 N–H and O–H groups in total. The summed E-state index contributed by atoms with van der Waals surface area (Å²) in [5.74, 6) is 0.0450. The van der Waals surface area contributed by atoms with Crippen LogP contribution in [0.15, 0.2) is 0 Å². The van der Waals surface area contributed by atoms with Crippen LogP contribution in [0, 0.1) is 0 Å². The first-order chi connectivity index (χ1) is 6.90. The third kappa shape index (κ3) is 10.2. The van der Waals surface area contributed by atoms with Gasteiger partial charge in [0.25, 0.3) is 0 Å². The predicted octanol–water partition coefficient (Wildman–Crippen LogP) is -1.27. The smallest absolute Gasteiger partial charge is 0.352 e. The molecule has 0 bridgehead atoms. The summed E-state index contributed by atoms with van der Waals surface area (Å²) < 4.78 is 14.4. The summed E-state index contributed by atoms with van der Waals surface area (Å²) >= 11 is 3.95. The van der Waals surface area contributed by atoms with E-state index >= 15 is 0 Å². The van der Waals surface area contributed by atoms with Gasteiger partial charge in [0.05, 0.1) is 12.6 Å². The Morgan fingerprint density at radius 3 is 2.35 bits per heavy atom. The average molecular weight is 772 g/mol. The Bertz CT molecular complexity index is 251. The third-order valence-electron chi connectivity index (χ3n) is 1.51. The van der Waals surface area contributed by atoms with Crippen molar-refractivity contribution in [1.82, 2.24) is 10.6 Å². The molecule has 0 aliphatic carbocycles. The van der Waals surface area contributed by atoms with Gasteiger partial charge in [-0.1, -0.05) is 0 Å². The van der Waals surface area contributed by atoms with Gasteiger partial charge in [-0.05, 0) is 7.05 Å². The Morgan fingerprint density at radius 1 is 1.47 bits per heavy atom. The molecule has 0 aromatic rings. The van der Waals surface area contributed by atoms with Crippen molar-refractivity contribution in [2.45, 2.75) is 6.04 Å². The number of carbonyl (C=O) groups is 1. The van der Waals surface area contributed by atoms with Crippen LogP contribution in [0.25, 0.3) is 0 Å². The van der Waals surface area contributed by atoms with Crippen molar-refractivity contribution >= 4 is 26.4 Å². The molecular weight excluding hydrogens is 757 g/mol. The minimum Gasteiger partial charge on any atom is -0.352 e. The van der Waals surface area contributed by atoms with Crippen molar-refractivity contribution in [1.29, 1.82) is 0 Å². The topological polar surface area (TPSA) is 108 Å². The zero-order valence-corrected chi connectivity index (χ0v) is 15.4. The van der Waals surface area contributed by atoms with Crippen LogP contribution in [0.5, 0.6) is 0 Å². The van der Waals surface area contributed by atoms with Gasteiger partial charge < -0.3 is 20.4 Å². The molecule has 0 fully saturated rings. The van der Waals surface area contributed by atoms with E-state index < -0.39 is 13.9 Å². The Hall–Kier alpha value is -2.11. The van der Waals surface area contributed by atoms with E-state index in [-0.39, 0.29) is 19.1 Å². The van der Waals surface area contributed by atoms with Crippen LogP contribution in [0.3, 0.4) is 0 Å². The molecule has 114 valence electrons. The van der Waals surface area contributed by atoms with E-state index in [2.05, 4.69) is 27.8 Å². The molecular formula is C6H15Fm2N2O5PS. The monoisotopic (exact) mass is 772 g/mol. The van der Waals surface area contributed by atoms with Crippen LogP contribution >= 0.6 is 20.5 Å². The largest absolute Gasteiger partial charge is 0.469 e. The fourth-order valence-electron chi connectivity index (χ4n) is 0.767. The number of nitrogens with one attached hydrogen (secondary N) is 2. The van der Waals surface area contributed by atoms with E-state index in [1.807, 2.05) is 0 Å². The van der Waals surface area contributed by atoms with Gasteiger partial charge in [0.1, 0.15) is 0 Å². The number of phosphoric ester groups is 1. The normalized spacial score (nSPS) is 12.0. The van der Waals surface area contributed by atoms with Gasteiger partial charge in [-0.2, -0.15) is 12.6 Å². The van der Waals surface area contributed by atoms with E-state index in [0.717, 1.165) is 0 Å². The van der Waals surface area contributed by atoms with Crippen LogP contribution in [-0.4, -0.2) is 47.7 Å². The Morgan fingerprint density at radius 2 is 2.00 bits per heavy atom. The van der Waals surface area contributed by atoms with Crippen molar-refractivity contribution in [3.8, 4) is 0 Å². The number of carbonyl (C=O) groups excluding carboxylic acids is 1. The second-order valence-corrected chi connectivity index (χ2v) is 4.24. The molecule has 1 amide bonds. The molecule has 0 spiro atoms. The second-order valence-electron chi connectivity index (χ2n) is 2.64. The van der Waals surface area contributed by atoms with Gasteiger partial charge in [0, 0.05) is 12.3 Å². The first-order valence-corrected chi connectivity index (χ1v) is 6.33. The maximum Gasteiger partial charge on any atom is 0.469 e. The van der Waals surface area contributed by atoms with Gasteiger partial charge >= 0.3 is 7.82 Å². The van der Waals surface area contributed by atoms with Gasteiger partial charge in [-0.3, -0.25) is 9.32 Å². The number of hydrogen-bond acceptors (Lipinski definition) is 5. The van der Waals surface area contributed by atoms with Crippen molar-refractivity contribution < 1.29 is 23.7 Å². The van der Waals surface area contributed by atoms with E-state index in [9.17, 15) is 9.36 Å². The van der Waals surface area contributed by atoms with Crippen LogP contribution in [0.4, 0.5) is 0 Å². The molecule has 11 heteroatoms. The van der Waals surface area contributed by atoms with Gasteiger partial charge in [-0.15, -0.1) is 0 Å². The molecule has 0 heterocycles. The molecule has 7 nitrogen and oxygen atoms in total. The molecule has 1 atom stereocenters. The van der Waals surface area contributed by atoms with Crippen LogP contribution in [0.2, 0.25) is 0 Å². The van der Waals surface area contributed by atoms with Gasteiger partial charge in [-0.25, -0.2) is 4.57 Å². The Balaban J connectivity index is -0.000000980. The molecule has 0 rings (SSSR count). The number of thiol groups is 1. The Labute approximate surface area is 93.2 Å². The standard InChI is InChI=1S/C6H15N2O5PS.2Fm/c1-7-5(4-15)6(9)8-2-3-13-14(10,11)12;;/h5,7,15H,2-4H2,1H3,(H,8,9)(H2,10,11,12);;. The second kappa shape index (κ2) is 9.14. The van der Waals surface area contributed by atoms with Gasteiger partial charge in [0.15, 0.2) is 0 Å². The van der Waals surface area contributed by atoms with Crippen molar-refractivity contribution in [3.05, 3.63) is 0 Å². The summed E-state index contributed by atoms with van der Waals surface area (Å²) in [4.78, 5) is 27.9. The van der Waals surface area contributed by atoms with Crippen LogP contribution < -0.4 is 10.6 Å². The van der Waals surface area contributed by atoms with Crippen molar-refractivity contribution in [3.63, 3.8) is 0 Å². The number of rotatable bonds is 7. The maximum absolute atomic E-state index is 11.3. The molecule has 0 aliphatic rings. The van der Waals surface area contributed by atoms with E-state index in [0.29, 0.717) is 5.75 Å². The zero-order chi connectivity index (χ0) is 11.9. The predicted molar refractivity (Wildman–Crippen MR) is 57.7 cm³/mol. The number of amides is 1. The first-order valence-electron chi connectivity index (χ1n) is 4.16. The van der Waals surface area contributed by atoms with E-state index in [4.69, 9.17) is 9.79 Å². The van der Waals surface area contributed by atoms with Crippen molar-refractivity contribution in [2.24, 2.45) is 0 Å². The summed E-state index contributed by atoms with van der Waals surface area (Å²) in [6, 6.07) is -0.427. The minimum atomic E-state index is -4.45. The van der Waals surface area contributed by atoms with Crippen LogP contribution in [0.1, 0.15) is 0 Å². The fourth-order valence-corrected chi connectivity index (χ4v) is 1.44.